The molecule has 0 spiro atoms. The average Bonchev–Trinajstić information content (AvgIpc) is 2.33. The standard InChI is InChI=1S/C14H10Br2FNO/c1-8-2-3-11(17)4-9(8)5-13(19)14-12(16)6-10(15)7-18-14/h2-4,6-7H,5H2,1H3. The number of rotatable bonds is 3. The Bertz CT molecular complexity index is 643. The fourth-order valence-electron chi connectivity index (χ4n) is 1.71. The second-order valence-corrected chi connectivity index (χ2v) is 5.92. The first-order valence-corrected chi connectivity index (χ1v) is 7.15. The highest BCUT2D eigenvalue weighted by Crippen LogP contribution is 2.21. The van der Waals surface area contributed by atoms with Crippen LogP contribution in [0.3, 0.4) is 0 Å². The zero-order chi connectivity index (χ0) is 14.0. The summed E-state index contributed by atoms with van der Waals surface area (Å²) >= 11 is 6.59. The summed E-state index contributed by atoms with van der Waals surface area (Å²) in [5.41, 5.74) is 1.93. The van der Waals surface area contributed by atoms with Crippen molar-refractivity contribution >= 4 is 37.6 Å². The van der Waals surface area contributed by atoms with Gasteiger partial charge in [0.05, 0.1) is 0 Å². The number of ketones is 1. The van der Waals surface area contributed by atoms with Gasteiger partial charge in [0.15, 0.2) is 5.78 Å². The zero-order valence-electron chi connectivity index (χ0n) is 10.1. The van der Waals surface area contributed by atoms with Gasteiger partial charge in [0.1, 0.15) is 11.5 Å². The summed E-state index contributed by atoms with van der Waals surface area (Å²) < 4.78 is 14.6. The van der Waals surface area contributed by atoms with Gasteiger partial charge in [0, 0.05) is 21.6 Å². The lowest BCUT2D eigenvalue weighted by atomic mass is 10.0. The van der Waals surface area contributed by atoms with E-state index < -0.39 is 0 Å². The van der Waals surface area contributed by atoms with Crippen molar-refractivity contribution in [3.8, 4) is 0 Å². The van der Waals surface area contributed by atoms with Crippen LogP contribution in [0.15, 0.2) is 39.4 Å². The Morgan fingerprint density at radius 1 is 1.32 bits per heavy atom. The van der Waals surface area contributed by atoms with Crippen molar-refractivity contribution in [2.75, 3.05) is 0 Å². The van der Waals surface area contributed by atoms with Crippen molar-refractivity contribution in [1.29, 1.82) is 0 Å². The lowest BCUT2D eigenvalue weighted by Crippen LogP contribution is -2.08. The van der Waals surface area contributed by atoms with Crippen LogP contribution in [0.25, 0.3) is 0 Å². The van der Waals surface area contributed by atoms with Crippen LogP contribution < -0.4 is 0 Å². The van der Waals surface area contributed by atoms with Crippen LogP contribution >= 0.6 is 31.9 Å². The smallest absolute Gasteiger partial charge is 0.186 e. The van der Waals surface area contributed by atoms with Gasteiger partial charge in [-0.05, 0) is 68.1 Å². The fraction of sp³-hybridized carbons (Fsp3) is 0.143. The van der Waals surface area contributed by atoms with E-state index in [9.17, 15) is 9.18 Å². The fourth-order valence-corrected chi connectivity index (χ4v) is 2.92. The Balaban J connectivity index is 2.28. The predicted octanol–water partition coefficient (Wildman–Crippen LogP) is 4.48. The Hall–Kier alpha value is -1.07. The number of aromatic nitrogens is 1. The first kappa shape index (κ1) is 14.3. The van der Waals surface area contributed by atoms with Gasteiger partial charge in [-0.15, -0.1) is 0 Å². The number of carbonyl (C=O) groups excluding carboxylic acids is 1. The van der Waals surface area contributed by atoms with Gasteiger partial charge in [-0.25, -0.2) is 4.39 Å². The third kappa shape index (κ3) is 3.48. The van der Waals surface area contributed by atoms with E-state index in [0.717, 1.165) is 10.0 Å². The first-order valence-electron chi connectivity index (χ1n) is 5.56. The number of nitrogens with zero attached hydrogens (tertiary/aromatic N) is 1. The molecule has 0 saturated carbocycles. The molecule has 19 heavy (non-hydrogen) atoms. The maximum atomic E-state index is 13.2. The van der Waals surface area contributed by atoms with Gasteiger partial charge in [-0.2, -0.15) is 0 Å². The maximum Gasteiger partial charge on any atom is 0.186 e. The van der Waals surface area contributed by atoms with Crippen molar-refractivity contribution in [3.05, 3.63) is 62.0 Å². The van der Waals surface area contributed by atoms with E-state index in [2.05, 4.69) is 36.8 Å². The molecule has 1 aromatic heterocycles. The predicted molar refractivity (Wildman–Crippen MR) is 78.8 cm³/mol. The third-order valence-corrected chi connectivity index (χ3v) is 3.77. The molecule has 0 amide bonds. The number of carbonyl (C=O) groups is 1. The maximum absolute atomic E-state index is 13.2. The highest BCUT2D eigenvalue weighted by molar-refractivity contribution is 9.11. The minimum Gasteiger partial charge on any atom is -0.292 e. The molecular weight excluding hydrogens is 377 g/mol. The summed E-state index contributed by atoms with van der Waals surface area (Å²) in [6.45, 7) is 1.85. The van der Waals surface area contributed by atoms with E-state index in [4.69, 9.17) is 0 Å². The summed E-state index contributed by atoms with van der Waals surface area (Å²) in [4.78, 5) is 16.3. The van der Waals surface area contributed by atoms with Crippen molar-refractivity contribution in [3.63, 3.8) is 0 Å². The summed E-state index contributed by atoms with van der Waals surface area (Å²) in [6, 6.07) is 6.21. The number of Topliss-reactive ketones (excluding diaryl/α,β-unsaturated/α-hetero) is 1. The van der Waals surface area contributed by atoms with Gasteiger partial charge in [0.2, 0.25) is 0 Å². The van der Waals surface area contributed by atoms with Crippen LogP contribution in [0.4, 0.5) is 4.39 Å². The number of halogens is 3. The van der Waals surface area contributed by atoms with Crippen molar-refractivity contribution in [1.82, 2.24) is 4.98 Å². The second-order valence-electron chi connectivity index (χ2n) is 4.15. The number of pyridine rings is 1. The molecule has 98 valence electrons. The highest BCUT2D eigenvalue weighted by Gasteiger charge is 2.14. The topological polar surface area (TPSA) is 30.0 Å². The molecule has 0 fully saturated rings. The summed E-state index contributed by atoms with van der Waals surface area (Å²) in [5.74, 6) is -0.482. The molecule has 0 atom stereocenters. The van der Waals surface area contributed by atoms with E-state index in [1.54, 1.807) is 18.3 Å². The van der Waals surface area contributed by atoms with Gasteiger partial charge in [-0.1, -0.05) is 6.07 Å². The molecule has 0 bridgehead atoms. The number of benzene rings is 1. The van der Waals surface area contributed by atoms with E-state index in [-0.39, 0.29) is 18.0 Å². The normalized spacial score (nSPS) is 10.5. The minimum atomic E-state index is -0.337. The van der Waals surface area contributed by atoms with E-state index >= 15 is 0 Å². The largest absolute Gasteiger partial charge is 0.292 e. The lowest BCUT2D eigenvalue weighted by Gasteiger charge is -2.06. The molecule has 2 rings (SSSR count). The molecule has 5 heteroatoms. The zero-order valence-corrected chi connectivity index (χ0v) is 13.3. The second kappa shape index (κ2) is 5.92. The van der Waals surface area contributed by atoms with E-state index in [0.29, 0.717) is 15.7 Å². The molecule has 0 unspecified atom stereocenters. The van der Waals surface area contributed by atoms with Crippen LogP contribution in [-0.4, -0.2) is 10.8 Å². The highest BCUT2D eigenvalue weighted by atomic mass is 79.9. The molecule has 0 aliphatic rings. The van der Waals surface area contributed by atoms with Crippen molar-refractivity contribution in [2.45, 2.75) is 13.3 Å². The van der Waals surface area contributed by atoms with Gasteiger partial charge < -0.3 is 0 Å². The van der Waals surface area contributed by atoms with Gasteiger partial charge >= 0.3 is 0 Å². The number of hydrogen-bond donors (Lipinski definition) is 0. The molecule has 2 aromatic rings. The Labute approximate surface area is 127 Å². The molecule has 1 heterocycles. The molecule has 1 aromatic carbocycles. The number of hydrogen-bond acceptors (Lipinski definition) is 2. The quantitative estimate of drug-likeness (QED) is 0.728. The van der Waals surface area contributed by atoms with Crippen molar-refractivity contribution < 1.29 is 9.18 Å². The van der Waals surface area contributed by atoms with Crippen molar-refractivity contribution in [2.24, 2.45) is 0 Å². The van der Waals surface area contributed by atoms with Crippen LogP contribution in [0, 0.1) is 12.7 Å². The molecular formula is C14H10Br2FNO. The molecule has 0 aliphatic heterocycles. The lowest BCUT2D eigenvalue weighted by molar-refractivity contribution is 0.0987. The van der Waals surface area contributed by atoms with Crippen LogP contribution in [0.2, 0.25) is 0 Å². The third-order valence-electron chi connectivity index (χ3n) is 2.73. The van der Waals surface area contributed by atoms with Crippen LogP contribution in [-0.2, 0) is 6.42 Å². The van der Waals surface area contributed by atoms with Crippen LogP contribution in [0.5, 0.6) is 0 Å². The summed E-state index contributed by atoms with van der Waals surface area (Å²) in [6.07, 6.45) is 1.70. The average molecular weight is 387 g/mol. The van der Waals surface area contributed by atoms with Gasteiger partial charge in [0.25, 0.3) is 0 Å². The number of aryl methyl sites for hydroxylation is 1. The van der Waals surface area contributed by atoms with E-state index in [1.807, 2.05) is 6.92 Å². The van der Waals surface area contributed by atoms with Crippen LogP contribution in [0.1, 0.15) is 21.6 Å². The minimum absolute atomic E-state index is 0.136. The molecule has 0 N–H and O–H groups in total. The Morgan fingerprint density at radius 3 is 2.74 bits per heavy atom. The van der Waals surface area contributed by atoms with Gasteiger partial charge in [-0.3, -0.25) is 9.78 Å². The molecule has 0 radical (unpaired) electrons. The summed E-state index contributed by atoms with van der Waals surface area (Å²) in [7, 11) is 0. The SMILES string of the molecule is Cc1ccc(F)cc1CC(=O)c1ncc(Br)cc1Br. The molecule has 0 saturated heterocycles. The molecule has 0 aliphatic carbocycles. The first-order chi connectivity index (χ1) is 8.97. The Kier molecular flexibility index (Phi) is 4.47. The summed E-state index contributed by atoms with van der Waals surface area (Å²) in [5, 5.41) is 0. The molecule has 2 nitrogen and oxygen atoms in total. The Morgan fingerprint density at radius 2 is 2.05 bits per heavy atom. The monoisotopic (exact) mass is 385 g/mol. The van der Waals surface area contributed by atoms with E-state index in [1.165, 1.54) is 12.1 Å².